The highest BCUT2D eigenvalue weighted by Crippen LogP contribution is 2.06. The number of aliphatic hydroxyl groups excluding tert-OH is 2. The highest BCUT2D eigenvalue weighted by Gasteiger charge is 2.32. The van der Waals surface area contributed by atoms with Crippen molar-refractivity contribution in [1.82, 2.24) is 16.0 Å². The molecule has 0 rings (SSSR count). The maximum Gasteiger partial charge on any atom is 0.326 e. The van der Waals surface area contributed by atoms with E-state index in [9.17, 15) is 29.4 Å². The first-order valence-electron chi connectivity index (χ1n) is 10.7. The van der Waals surface area contributed by atoms with Crippen LogP contribution in [-0.2, 0) is 19.2 Å². The van der Waals surface area contributed by atoms with Crippen LogP contribution >= 0.6 is 0 Å². The second kappa shape index (κ2) is 16.3. The quantitative estimate of drug-likeness (QED) is 0.0964. The number of nitrogens with two attached hydrogens (primary N) is 3. The van der Waals surface area contributed by atoms with Crippen molar-refractivity contribution < 1.29 is 34.5 Å². The topological polar surface area (TPSA) is 243 Å². The number of hydrogen-bond acceptors (Lipinski definition) is 9. The molecule has 13 heteroatoms. The lowest BCUT2D eigenvalue weighted by molar-refractivity contribution is -0.143. The van der Waals surface area contributed by atoms with Gasteiger partial charge < -0.3 is 48.5 Å². The molecule has 3 amide bonds. The summed E-state index contributed by atoms with van der Waals surface area (Å²) in [6.45, 7) is 1.39. The molecule has 12 N–H and O–H groups in total. The molecule has 0 saturated carbocycles. The highest BCUT2D eigenvalue weighted by molar-refractivity contribution is 5.94. The van der Waals surface area contributed by atoms with E-state index in [4.69, 9.17) is 22.3 Å². The van der Waals surface area contributed by atoms with Crippen LogP contribution in [0.4, 0.5) is 0 Å². The van der Waals surface area contributed by atoms with E-state index >= 15 is 0 Å². The maximum absolute atomic E-state index is 12.8. The summed E-state index contributed by atoms with van der Waals surface area (Å²) in [5.74, 6) is -3.66. The minimum absolute atomic E-state index is 0.134. The molecule has 0 aliphatic heterocycles. The molecule has 0 aromatic heterocycles. The largest absolute Gasteiger partial charge is 0.480 e. The molecule has 0 heterocycles. The van der Waals surface area contributed by atoms with Crippen LogP contribution < -0.4 is 33.2 Å². The third kappa shape index (κ3) is 11.3. The molecule has 0 aliphatic carbocycles. The van der Waals surface area contributed by atoms with Gasteiger partial charge in [0.15, 0.2) is 0 Å². The van der Waals surface area contributed by atoms with E-state index in [0.29, 0.717) is 38.8 Å². The van der Waals surface area contributed by atoms with Crippen LogP contribution in [0.5, 0.6) is 0 Å². The van der Waals surface area contributed by atoms with Gasteiger partial charge in [-0.2, -0.15) is 0 Å². The number of carbonyl (C=O) groups excluding carboxylic acids is 3. The van der Waals surface area contributed by atoms with Crippen LogP contribution in [-0.4, -0.2) is 89.0 Å². The highest BCUT2D eigenvalue weighted by atomic mass is 16.4. The number of carboxylic acid groups (broad SMARTS) is 1. The molecule has 186 valence electrons. The normalized spacial score (nSPS) is 15.7. The van der Waals surface area contributed by atoms with Crippen molar-refractivity contribution >= 4 is 23.7 Å². The summed E-state index contributed by atoms with van der Waals surface area (Å²) in [4.78, 5) is 48.8. The fraction of sp³-hybridized carbons (Fsp3) is 0.789. The number of nitrogens with one attached hydrogen (secondary N) is 3. The van der Waals surface area contributed by atoms with Gasteiger partial charge in [0, 0.05) is 0 Å². The van der Waals surface area contributed by atoms with Crippen LogP contribution in [0.2, 0.25) is 0 Å². The van der Waals surface area contributed by atoms with Gasteiger partial charge in [0.1, 0.15) is 24.2 Å². The summed E-state index contributed by atoms with van der Waals surface area (Å²) in [5, 5.41) is 35.4. The lowest BCUT2D eigenvalue weighted by atomic mass is 10.0. The summed E-state index contributed by atoms with van der Waals surface area (Å²) < 4.78 is 0. The first-order valence-corrected chi connectivity index (χ1v) is 10.7. The summed E-state index contributed by atoms with van der Waals surface area (Å²) in [7, 11) is 0. The number of carbonyl (C=O) groups is 4. The first kappa shape index (κ1) is 29.7. The average Bonchev–Trinajstić information content (AvgIpc) is 2.74. The van der Waals surface area contributed by atoms with E-state index in [1.807, 2.05) is 0 Å². The van der Waals surface area contributed by atoms with E-state index in [0.717, 1.165) is 0 Å². The molecule has 13 nitrogen and oxygen atoms in total. The number of unbranched alkanes of at least 4 members (excludes halogenated alkanes) is 2. The van der Waals surface area contributed by atoms with E-state index in [-0.39, 0.29) is 12.8 Å². The first-order chi connectivity index (χ1) is 15.1. The Morgan fingerprint density at radius 1 is 0.812 bits per heavy atom. The van der Waals surface area contributed by atoms with Gasteiger partial charge in [0.25, 0.3) is 0 Å². The summed E-state index contributed by atoms with van der Waals surface area (Å²) in [6, 6.07) is -5.00. The Morgan fingerprint density at radius 2 is 1.31 bits per heavy atom. The zero-order valence-corrected chi connectivity index (χ0v) is 18.5. The average molecular weight is 463 g/mol. The molecule has 0 aliphatic rings. The van der Waals surface area contributed by atoms with Gasteiger partial charge >= 0.3 is 5.97 Å². The third-order valence-corrected chi connectivity index (χ3v) is 4.74. The lowest BCUT2D eigenvalue weighted by Crippen LogP contribution is -2.60. The maximum atomic E-state index is 12.8. The fourth-order valence-electron chi connectivity index (χ4n) is 2.79. The van der Waals surface area contributed by atoms with Gasteiger partial charge in [0.05, 0.1) is 12.7 Å². The molecule has 32 heavy (non-hydrogen) atoms. The number of carboxylic acids is 1. The zero-order chi connectivity index (χ0) is 24.7. The van der Waals surface area contributed by atoms with Crippen LogP contribution in [0.1, 0.15) is 45.4 Å². The predicted octanol–water partition coefficient (Wildman–Crippen LogP) is -3.52. The van der Waals surface area contributed by atoms with Crippen molar-refractivity contribution in [2.75, 3.05) is 19.7 Å². The number of hydrogen-bond donors (Lipinski definition) is 9. The van der Waals surface area contributed by atoms with Gasteiger partial charge in [-0.1, -0.05) is 0 Å². The van der Waals surface area contributed by atoms with E-state index in [1.54, 1.807) is 0 Å². The summed E-state index contributed by atoms with van der Waals surface area (Å²) >= 11 is 0. The molecule has 5 atom stereocenters. The molecule has 0 aromatic rings. The van der Waals surface area contributed by atoms with E-state index < -0.39 is 60.6 Å². The van der Waals surface area contributed by atoms with Crippen LogP contribution in [0.15, 0.2) is 0 Å². The Bertz CT molecular complexity index is 605. The second-order valence-electron chi connectivity index (χ2n) is 7.55. The van der Waals surface area contributed by atoms with Crippen molar-refractivity contribution in [3.05, 3.63) is 0 Å². The van der Waals surface area contributed by atoms with E-state index in [1.165, 1.54) is 6.92 Å². The number of aliphatic hydroxyl groups is 2. The molecule has 0 fully saturated rings. The Morgan fingerprint density at radius 3 is 1.75 bits per heavy atom. The molecular formula is C19H38N6O7. The Balaban J connectivity index is 5.30. The van der Waals surface area contributed by atoms with Crippen LogP contribution in [0.3, 0.4) is 0 Å². The number of rotatable bonds is 17. The molecule has 5 unspecified atom stereocenters. The van der Waals surface area contributed by atoms with Crippen molar-refractivity contribution in [1.29, 1.82) is 0 Å². The fourth-order valence-corrected chi connectivity index (χ4v) is 2.79. The minimum atomic E-state index is -1.46. The van der Waals surface area contributed by atoms with Gasteiger partial charge in [-0.15, -0.1) is 0 Å². The standard InChI is InChI=1S/C19H38N6O7/c1-11(27)15(18(30)24-14(19(31)32)7-3-5-9-21)25-17(29)13(6-2-4-8-20)23-16(28)12(22)10-26/h11-15,26-27H,2-10,20-22H2,1H3,(H,23,28)(H,24,30)(H,25,29)(H,31,32). The Labute approximate surface area is 187 Å². The Kier molecular flexibility index (Phi) is 15.1. The van der Waals surface area contributed by atoms with E-state index in [2.05, 4.69) is 16.0 Å². The monoisotopic (exact) mass is 462 g/mol. The second-order valence-corrected chi connectivity index (χ2v) is 7.55. The van der Waals surface area contributed by atoms with Crippen molar-refractivity contribution in [2.45, 2.75) is 75.7 Å². The molecular weight excluding hydrogens is 424 g/mol. The van der Waals surface area contributed by atoms with Crippen LogP contribution in [0, 0.1) is 0 Å². The molecule has 0 spiro atoms. The minimum Gasteiger partial charge on any atom is -0.480 e. The SMILES string of the molecule is CC(O)C(NC(=O)C(CCCCN)NC(=O)C(N)CO)C(=O)NC(CCCCN)C(=O)O. The molecule has 0 radical (unpaired) electrons. The molecule has 0 saturated heterocycles. The third-order valence-electron chi connectivity index (χ3n) is 4.74. The molecule has 0 aromatic carbocycles. The smallest absolute Gasteiger partial charge is 0.326 e. The molecule has 0 bridgehead atoms. The predicted molar refractivity (Wildman–Crippen MR) is 116 cm³/mol. The Hall–Kier alpha value is -2.32. The van der Waals surface area contributed by atoms with Crippen molar-refractivity contribution in [2.24, 2.45) is 17.2 Å². The number of aliphatic carboxylic acids is 1. The van der Waals surface area contributed by atoms with Gasteiger partial charge in [-0.3, -0.25) is 14.4 Å². The van der Waals surface area contributed by atoms with Gasteiger partial charge in [0.2, 0.25) is 17.7 Å². The number of amides is 3. The zero-order valence-electron chi connectivity index (χ0n) is 18.5. The van der Waals surface area contributed by atoms with Crippen LogP contribution in [0.25, 0.3) is 0 Å². The van der Waals surface area contributed by atoms with Crippen molar-refractivity contribution in [3.63, 3.8) is 0 Å². The van der Waals surface area contributed by atoms with Gasteiger partial charge in [-0.25, -0.2) is 4.79 Å². The van der Waals surface area contributed by atoms with Crippen molar-refractivity contribution in [3.8, 4) is 0 Å². The van der Waals surface area contributed by atoms with Gasteiger partial charge in [-0.05, 0) is 58.5 Å². The summed E-state index contributed by atoms with van der Waals surface area (Å²) in [5.41, 5.74) is 16.3. The lowest BCUT2D eigenvalue weighted by Gasteiger charge is -2.26. The summed E-state index contributed by atoms with van der Waals surface area (Å²) in [6.07, 6.45) is 1.08.